The summed E-state index contributed by atoms with van der Waals surface area (Å²) in [7, 11) is 2.20. The quantitative estimate of drug-likeness (QED) is 0.649. The summed E-state index contributed by atoms with van der Waals surface area (Å²) in [4.78, 5) is 0. The van der Waals surface area contributed by atoms with Crippen LogP contribution in [0.3, 0.4) is 0 Å². The van der Waals surface area contributed by atoms with E-state index in [9.17, 15) is 0 Å². The first-order chi connectivity index (χ1) is 5.66. The van der Waals surface area contributed by atoms with Gasteiger partial charge in [0.25, 0.3) is 0 Å². The summed E-state index contributed by atoms with van der Waals surface area (Å²) in [6, 6.07) is 0. The first-order valence-corrected chi connectivity index (χ1v) is 6.02. The zero-order valence-electron chi connectivity index (χ0n) is 7.33. The van der Waals surface area contributed by atoms with Crippen LogP contribution >= 0.6 is 0 Å². The van der Waals surface area contributed by atoms with Gasteiger partial charge >= 0.3 is 34.5 Å². The van der Waals surface area contributed by atoms with Gasteiger partial charge in [-0.2, -0.15) is 0 Å². The molecule has 12 heavy (non-hydrogen) atoms. The molecule has 0 aromatic rings. The standard InChI is InChI=1S/C5H12O3Si.2O.Ti/c1-5-9(6-2,7-3)8-4;;;/h5H,1H2,2-4H3;;;. The summed E-state index contributed by atoms with van der Waals surface area (Å²) in [5, 5.41) is 0. The average Bonchev–Trinajstić information content (AvgIpc) is 2.11. The maximum atomic E-state index is 8.50. The summed E-state index contributed by atoms with van der Waals surface area (Å²) >= 11 is -2.00. The molecular formula is C5H12O5SiTi. The van der Waals surface area contributed by atoms with Crippen molar-refractivity contribution >= 4 is 8.80 Å². The fourth-order valence-corrected chi connectivity index (χ4v) is 1.50. The molecule has 0 rings (SSSR count). The van der Waals surface area contributed by atoms with Gasteiger partial charge in [-0.25, -0.2) is 0 Å². The van der Waals surface area contributed by atoms with Crippen LogP contribution in [0.15, 0.2) is 12.3 Å². The van der Waals surface area contributed by atoms with Gasteiger partial charge < -0.3 is 13.3 Å². The SMILES string of the molecule is C=C[Si](OC)(OC)OC.[O]=[Ti]=[O]. The Bertz CT molecular complexity index is 144. The molecule has 0 amide bonds. The summed E-state index contributed by atoms with van der Waals surface area (Å²) in [5.41, 5.74) is 1.58. The molecule has 0 aliphatic rings. The third-order valence-electron chi connectivity index (χ3n) is 1.10. The normalized spacial score (nSPS) is 9.25. The van der Waals surface area contributed by atoms with Gasteiger partial charge in [-0.1, -0.05) is 6.58 Å². The Hall–Kier alpha value is 0.151. The van der Waals surface area contributed by atoms with Gasteiger partial charge in [0.15, 0.2) is 0 Å². The Kier molecular flexibility index (Phi) is 11.3. The zero-order chi connectivity index (χ0) is 10.0. The summed E-state index contributed by atoms with van der Waals surface area (Å²) in [6.07, 6.45) is 0. The van der Waals surface area contributed by atoms with E-state index in [1.807, 2.05) is 0 Å². The van der Waals surface area contributed by atoms with Crippen molar-refractivity contribution in [3.8, 4) is 0 Å². The van der Waals surface area contributed by atoms with Crippen molar-refractivity contribution in [2.75, 3.05) is 21.3 Å². The van der Waals surface area contributed by atoms with Gasteiger partial charge in [-0.15, -0.1) is 0 Å². The molecule has 0 heterocycles. The number of rotatable bonds is 4. The Morgan fingerprint density at radius 3 is 1.42 bits per heavy atom. The van der Waals surface area contributed by atoms with Crippen molar-refractivity contribution in [2.45, 2.75) is 0 Å². The van der Waals surface area contributed by atoms with Crippen LogP contribution in [0.2, 0.25) is 0 Å². The van der Waals surface area contributed by atoms with Crippen LogP contribution in [-0.4, -0.2) is 30.1 Å². The second-order valence-electron chi connectivity index (χ2n) is 1.50. The Balaban J connectivity index is 0. The Labute approximate surface area is 81.6 Å². The van der Waals surface area contributed by atoms with Crippen molar-refractivity contribution in [3.05, 3.63) is 12.3 Å². The predicted molar refractivity (Wildman–Crippen MR) is 38.4 cm³/mol. The zero-order valence-corrected chi connectivity index (χ0v) is 9.89. The van der Waals surface area contributed by atoms with E-state index in [4.69, 9.17) is 19.9 Å². The van der Waals surface area contributed by atoms with E-state index in [0.717, 1.165) is 0 Å². The third-order valence-corrected chi connectivity index (χ3v) is 3.31. The average molecular weight is 228 g/mol. The van der Waals surface area contributed by atoms with E-state index >= 15 is 0 Å². The van der Waals surface area contributed by atoms with E-state index < -0.39 is 27.9 Å². The summed E-state index contributed by atoms with van der Waals surface area (Å²) in [6.45, 7) is 3.53. The molecule has 7 heteroatoms. The summed E-state index contributed by atoms with van der Waals surface area (Å²) < 4.78 is 31.9. The van der Waals surface area contributed by atoms with Crippen LogP contribution in [0.1, 0.15) is 0 Å². The summed E-state index contributed by atoms with van der Waals surface area (Å²) in [5.74, 6) is 0. The molecule has 0 unspecified atom stereocenters. The van der Waals surface area contributed by atoms with Crippen molar-refractivity contribution in [1.29, 1.82) is 0 Å². The molecule has 0 atom stereocenters. The molecule has 0 saturated heterocycles. The third kappa shape index (κ3) is 5.76. The van der Waals surface area contributed by atoms with Crippen LogP contribution in [0, 0.1) is 0 Å². The van der Waals surface area contributed by atoms with E-state index in [-0.39, 0.29) is 0 Å². The van der Waals surface area contributed by atoms with E-state index in [0.29, 0.717) is 0 Å². The number of hydrogen-bond acceptors (Lipinski definition) is 5. The van der Waals surface area contributed by atoms with Crippen LogP contribution < -0.4 is 0 Å². The molecule has 0 saturated carbocycles. The first kappa shape index (κ1) is 14.7. The molecule has 5 nitrogen and oxygen atoms in total. The monoisotopic (exact) mass is 228 g/mol. The molecule has 0 aliphatic heterocycles. The molecule has 0 N–H and O–H groups in total. The topological polar surface area (TPSA) is 61.8 Å². The van der Waals surface area contributed by atoms with Gasteiger partial charge in [0.2, 0.25) is 0 Å². The molecule has 0 aromatic heterocycles. The second kappa shape index (κ2) is 9.24. The molecule has 70 valence electrons. The van der Waals surface area contributed by atoms with Crippen LogP contribution in [-0.2, 0) is 39.0 Å². The van der Waals surface area contributed by atoms with Crippen LogP contribution in [0.25, 0.3) is 0 Å². The van der Waals surface area contributed by atoms with Crippen molar-refractivity contribution in [3.63, 3.8) is 0 Å². The fourth-order valence-electron chi connectivity index (χ4n) is 0.500. The Morgan fingerprint density at radius 2 is 1.42 bits per heavy atom. The fraction of sp³-hybridized carbons (Fsp3) is 0.600. The molecular weight excluding hydrogens is 216 g/mol. The first-order valence-electron chi connectivity index (χ1n) is 2.94. The van der Waals surface area contributed by atoms with E-state index in [1.54, 1.807) is 27.0 Å². The van der Waals surface area contributed by atoms with Gasteiger partial charge in [0, 0.05) is 21.3 Å². The van der Waals surface area contributed by atoms with Crippen molar-refractivity contribution < 1.29 is 39.0 Å². The minimum atomic E-state index is -2.43. The van der Waals surface area contributed by atoms with E-state index in [2.05, 4.69) is 6.58 Å². The molecule has 0 aliphatic carbocycles. The van der Waals surface area contributed by atoms with Crippen LogP contribution in [0.5, 0.6) is 0 Å². The van der Waals surface area contributed by atoms with Crippen molar-refractivity contribution in [2.24, 2.45) is 0 Å². The predicted octanol–water partition coefficient (Wildman–Crippen LogP) is 0.350. The molecule has 0 fully saturated rings. The van der Waals surface area contributed by atoms with E-state index in [1.165, 1.54) is 0 Å². The van der Waals surface area contributed by atoms with Crippen molar-refractivity contribution in [1.82, 2.24) is 0 Å². The molecule has 0 aromatic carbocycles. The van der Waals surface area contributed by atoms with Gasteiger partial charge in [0.05, 0.1) is 0 Å². The van der Waals surface area contributed by atoms with Gasteiger partial charge in [-0.05, 0) is 5.70 Å². The second-order valence-corrected chi connectivity index (χ2v) is 4.60. The molecule has 0 spiro atoms. The molecule has 0 radical (unpaired) electrons. The number of hydrogen-bond donors (Lipinski definition) is 0. The van der Waals surface area contributed by atoms with Gasteiger partial charge in [-0.3, -0.25) is 0 Å². The Morgan fingerprint density at radius 1 is 1.17 bits per heavy atom. The van der Waals surface area contributed by atoms with Gasteiger partial charge in [0.1, 0.15) is 0 Å². The molecule has 0 bridgehead atoms. The minimum absolute atomic E-state index is 1.54. The maximum absolute atomic E-state index is 8.50. The van der Waals surface area contributed by atoms with Crippen LogP contribution in [0.4, 0.5) is 0 Å².